The van der Waals surface area contributed by atoms with Gasteiger partial charge in [-0.25, -0.2) is 0 Å². The van der Waals surface area contributed by atoms with E-state index in [0.717, 1.165) is 29.1 Å². The number of rotatable bonds is 3. The van der Waals surface area contributed by atoms with Crippen molar-refractivity contribution in [2.75, 3.05) is 0 Å². The Bertz CT molecular complexity index is 735. The van der Waals surface area contributed by atoms with E-state index >= 15 is 0 Å². The van der Waals surface area contributed by atoms with Gasteiger partial charge in [0.25, 0.3) is 0 Å². The van der Waals surface area contributed by atoms with Gasteiger partial charge in [0, 0.05) is 37.4 Å². The fourth-order valence-corrected chi connectivity index (χ4v) is 3.38. The maximum atomic E-state index is 12.8. The highest BCUT2D eigenvalue weighted by atomic mass is 16.1. The van der Waals surface area contributed by atoms with Gasteiger partial charge in [0.1, 0.15) is 0 Å². The standard InChI is InChI=1S/C18H24N4O/c1-11-16(13(3)22(4)21-11)10-20-18(23)17-12(2)19-9-14-7-5-6-8-15(14)17/h5-8,12,17,19H,9-10H2,1-4H3,(H,20,23). The molecule has 2 N–H and O–H groups in total. The fraction of sp³-hybridized carbons (Fsp3) is 0.444. The Morgan fingerprint density at radius 2 is 2.13 bits per heavy atom. The van der Waals surface area contributed by atoms with E-state index in [-0.39, 0.29) is 17.9 Å². The molecule has 2 heterocycles. The third-order valence-electron chi connectivity index (χ3n) is 4.89. The van der Waals surface area contributed by atoms with Crippen molar-refractivity contribution >= 4 is 5.91 Å². The van der Waals surface area contributed by atoms with E-state index in [1.54, 1.807) is 0 Å². The van der Waals surface area contributed by atoms with Gasteiger partial charge < -0.3 is 10.6 Å². The predicted octanol–water partition coefficient (Wildman–Crippen LogP) is 1.93. The Labute approximate surface area is 137 Å². The Morgan fingerprint density at radius 3 is 2.83 bits per heavy atom. The molecule has 1 aliphatic rings. The van der Waals surface area contributed by atoms with Gasteiger partial charge in [-0.15, -0.1) is 0 Å². The van der Waals surface area contributed by atoms with Crippen molar-refractivity contribution < 1.29 is 4.79 Å². The number of carbonyl (C=O) groups is 1. The first kappa shape index (κ1) is 15.7. The molecular formula is C18H24N4O. The normalized spacial score (nSPS) is 20.2. The SMILES string of the molecule is Cc1nn(C)c(C)c1CNC(=O)C1c2ccccc2CNC1C. The summed E-state index contributed by atoms with van der Waals surface area (Å²) >= 11 is 0. The molecule has 2 aromatic rings. The molecule has 1 aromatic carbocycles. The lowest BCUT2D eigenvalue weighted by molar-refractivity contribution is -0.123. The minimum absolute atomic E-state index is 0.0693. The molecule has 5 heteroatoms. The monoisotopic (exact) mass is 312 g/mol. The molecule has 0 aliphatic carbocycles. The number of amides is 1. The average Bonchev–Trinajstić information content (AvgIpc) is 2.77. The molecule has 1 amide bonds. The van der Waals surface area contributed by atoms with E-state index in [1.807, 2.05) is 37.7 Å². The number of nitrogens with one attached hydrogen (secondary N) is 2. The lowest BCUT2D eigenvalue weighted by Crippen LogP contribution is -2.44. The van der Waals surface area contributed by atoms with E-state index < -0.39 is 0 Å². The first-order valence-corrected chi connectivity index (χ1v) is 8.07. The number of hydrogen-bond donors (Lipinski definition) is 2. The van der Waals surface area contributed by atoms with Crippen LogP contribution >= 0.6 is 0 Å². The van der Waals surface area contributed by atoms with Gasteiger partial charge in [0.05, 0.1) is 11.6 Å². The van der Waals surface area contributed by atoms with Crippen LogP contribution in [0.25, 0.3) is 0 Å². The number of carbonyl (C=O) groups excluding carboxylic acids is 1. The average molecular weight is 312 g/mol. The Hall–Kier alpha value is -2.14. The van der Waals surface area contributed by atoms with E-state index in [9.17, 15) is 4.79 Å². The number of benzene rings is 1. The molecule has 2 unspecified atom stereocenters. The molecule has 1 aromatic heterocycles. The molecular weight excluding hydrogens is 288 g/mol. The molecule has 2 atom stereocenters. The fourth-order valence-electron chi connectivity index (χ4n) is 3.38. The van der Waals surface area contributed by atoms with Crippen LogP contribution in [0.1, 0.15) is 40.9 Å². The summed E-state index contributed by atoms with van der Waals surface area (Å²) in [6.07, 6.45) is 0. The third kappa shape index (κ3) is 2.88. The number of nitrogens with zero attached hydrogens (tertiary/aromatic N) is 2. The summed E-state index contributed by atoms with van der Waals surface area (Å²) in [6.45, 7) is 7.43. The van der Waals surface area contributed by atoms with E-state index in [0.29, 0.717) is 6.54 Å². The molecule has 0 saturated carbocycles. The van der Waals surface area contributed by atoms with Gasteiger partial charge in [0.2, 0.25) is 5.91 Å². The Kier molecular flexibility index (Phi) is 4.22. The molecule has 3 rings (SSSR count). The van der Waals surface area contributed by atoms with Crippen LogP contribution in [0.2, 0.25) is 0 Å². The van der Waals surface area contributed by atoms with Gasteiger partial charge in [-0.3, -0.25) is 9.48 Å². The summed E-state index contributed by atoms with van der Waals surface area (Å²) in [5.74, 6) is -0.0861. The van der Waals surface area contributed by atoms with Gasteiger partial charge in [-0.1, -0.05) is 24.3 Å². The number of aryl methyl sites for hydroxylation is 2. The van der Waals surface area contributed by atoms with Gasteiger partial charge in [-0.2, -0.15) is 5.10 Å². The zero-order valence-electron chi connectivity index (χ0n) is 14.2. The van der Waals surface area contributed by atoms with Crippen molar-refractivity contribution in [2.24, 2.45) is 7.05 Å². The van der Waals surface area contributed by atoms with Crippen LogP contribution in [0.15, 0.2) is 24.3 Å². The minimum Gasteiger partial charge on any atom is -0.351 e. The van der Waals surface area contributed by atoms with Crippen molar-refractivity contribution in [2.45, 2.75) is 45.8 Å². The minimum atomic E-state index is -0.155. The van der Waals surface area contributed by atoms with Crippen molar-refractivity contribution in [3.63, 3.8) is 0 Å². The molecule has 1 aliphatic heterocycles. The van der Waals surface area contributed by atoms with Crippen molar-refractivity contribution in [1.29, 1.82) is 0 Å². The molecule has 0 bridgehead atoms. The van der Waals surface area contributed by atoms with E-state index in [4.69, 9.17) is 0 Å². The first-order valence-electron chi connectivity index (χ1n) is 8.07. The zero-order valence-corrected chi connectivity index (χ0v) is 14.2. The second-order valence-corrected chi connectivity index (χ2v) is 6.34. The Balaban J connectivity index is 1.78. The van der Waals surface area contributed by atoms with Crippen LogP contribution < -0.4 is 10.6 Å². The maximum Gasteiger partial charge on any atom is 0.229 e. The molecule has 0 saturated heterocycles. The van der Waals surface area contributed by atoms with E-state index in [2.05, 4.69) is 34.8 Å². The first-order chi connectivity index (χ1) is 11.0. The largest absolute Gasteiger partial charge is 0.351 e. The summed E-state index contributed by atoms with van der Waals surface area (Å²) in [4.78, 5) is 12.8. The highest BCUT2D eigenvalue weighted by Crippen LogP contribution is 2.28. The predicted molar refractivity (Wildman–Crippen MR) is 90.0 cm³/mol. The lowest BCUT2D eigenvalue weighted by atomic mass is 9.85. The Morgan fingerprint density at radius 1 is 1.39 bits per heavy atom. The van der Waals surface area contributed by atoms with Gasteiger partial charge in [-0.05, 0) is 31.9 Å². The number of aromatic nitrogens is 2. The second-order valence-electron chi connectivity index (χ2n) is 6.34. The maximum absolute atomic E-state index is 12.8. The third-order valence-corrected chi connectivity index (χ3v) is 4.89. The lowest BCUT2D eigenvalue weighted by Gasteiger charge is -2.31. The number of hydrogen-bond acceptors (Lipinski definition) is 3. The molecule has 0 radical (unpaired) electrons. The summed E-state index contributed by atoms with van der Waals surface area (Å²) in [6, 6.07) is 8.31. The van der Waals surface area contributed by atoms with Crippen molar-refractivity contribution in [1.82, 2.24) is 20.4 Å². The second kappa shape index (κ2) is 6.16. The zero-order chi connectivity index (χ0) is 16.6. The van der Waals surface area contributed by atoms with Gasteiger partial charge in [0.15, 0.2) is 0 Å². The van der Waals surface area contributed by atoms with Crippen LogP contribution in [-0.2, 0) is 24.9 Å². The topological polar surface area (TPSA) is 59.0 Å². The summed E-state index contributed by atoms with van der Waals surface area (Å²) in [5.41, 5.74) is 5.51. The quantitative estimate of drug-likeness (QED) is 0.910. The molecule has 23 heavy (non-hydrogen) atoms. The summed E-state index contributed by atoms with van der Waals surface area (Å²) in [5, 5.41) is 10.9. The van der Waals surface area contributed by atoms with Crippen LogP contribution in [0.5, 0.6) is 0 Å². The van der Waals surface area contributed by atoms with Crippen LogP contribution in [0.3, 0.4) is 0 Å². The summed E-state index contributed by atoms with van der Waals surface area (Å²) < 4.78 is 1.86. The van der Waals surface area contributed by atoms with Crippen LogP contribution in [-0.4, -0.2) is 21.7 Å². The van der Waals surface area contributed by atoms with Gasteiger partial charge >= 0.3 is 0 Å². The molecule has 0 spiro atoms. The van der Waals surface area contributed by atoms with E-state index in [1.165, 1.54) is 5.56 Å². The van der Waals surface area contributed by atoms with Crippen molar-refractivity contribution in [3.05, 3.63) is 52.3 Å². The highest BCUT2D eigenvalue weighted by Gasteiger charge is 2.31. The van der Waals surface area contributed by atoms with Crippen molar-refractivity contribution in [3.8, 4) is 0 Å². The molecule has 0 fully saturated rings. The summed E-state index contributed by atoms with van der Waals surface area (Å²) in [7, 11) is 1.93. The molecule has 5 nitrogen and oxygen atoms in total. The van der Waals surface area contributed by atoms with Crippen LogP contribution in [0.4, 0.5) is 0 Å². The number of fused-ring (bicyclic) bond motifs is 1. The molecule has 122 valence electrons. The smallest absolute Gasteiger partial charge is 0.229 e. The highest BCUT2D eigenvalue weighted by molar-refractivity contribution is 5.85. The van der Waals surface area contributed by atoms with Crippen LogP contribution in [0, 0.1) is 13.8 Å².